The lowest BCUT2D eigenvalue weighted by molar-refractivity contribution is 0.0627. The Labute approximate surface area is 170 Å². The third-order valence-corrected chi connectivity index (χ3v) is 5.32. The van der Waals surface area contributed by atoms with E-state index in [1.54, 1.807) is 0 Å². The summed E-state index contributed by atoms with van der Waals surface area (Å²) in [6, 6.07) is 20.3. The Balaban J connectivity index is 1.95. The van der Waals surface area contributed by atoms with Gasteiger partial charge < -0.3 is 10.2 Å². The maximum atomic E-state index is 10.6. The molecule has 4 nitrogen and oxygen atoms in total. The smallest absolute Gasteiger partial charge is 0.0917 e. The Morgan fingerprint density at radius 1 is 0.607 bits per heavy atom. The summed E-state index contributed by atoms with van der Waals surface area (Å²) in [6.07, 6.45) is -0.989. The van der Waals surface area contributed by atoms with Gasteiger partial charge in [-0.05, 0) is 38.8 Å². The van der Waals surface area contributed by atoms with Crippen LogP contribution in [-0.4, -0.2) is 58.3 Å². The van der Waals surface area contributed by atoms with Crippen LogP contribution in [-0.2, 0) is 0 Å². The summed E-state index contributed by atoms with van der Waals surface area (Å²) >= 11 is 0. The zero-order chi connectivity index (χ0) is 20.5. The van der Waals surface area contributed by atoms with Crippen LogP contribution in [0, 0.1) is 0 Å². The third-order valence-electron chi connectivity index (χ3n) is 5.32. The van der Waals surface area contributed by atoms with Gasteiger partial charge in [-0.3, -0.25) is 9.80 Å². The van der Waals surface area contributed by atoms with Crippen molar-refractivity contribution in [1.82, 2.24) is 9.80 Å². The first kappa shape index (κ1) is 22.6. The van der Waals surface area contributed by atoms with E-state index in [9.17, 15) is 10.2 Å². The first-order valence-corrected chi connectivity index (χ1v) is 10.3. The number of hydrogen-bond acceptors (Lipinski definition) is 4. The highest BCUT2D eigenvalue weighted by molar-refractivity contribution is 5.18. The maximum absolute atomic E-state index is 10.6. The van der Waals surface area contributed by atoms with Gasteiger partial charge in [0.25, 0.3) is 0 Å². The second kappa shape index (κ2) is 11.3. The van der Waals surface area contributed by atoms with Crippen molar-refractivity contribution in [2.24, 2.45) is 0 Å². The molecule has 0 radical (unpaired) electrons. The molecule has 0 unspecified atom stereocenters. The lowest BCUT2D eigenvalue weighted by Gasteiger charge is -2.34. The molecule has 0 saturated heterocycles. The van der Waals surface area contributed by atoms with Crippen molar-refractivity contribution >= 4 is 0 Å². The number of nitrogens with zero attached hydrogens (tertiary/aromatic N) is 2. The van der Waals surface area contributed by atoms with Gasteiger partial charge in [-0.2, -0.15) is 0 Å². The van der Waals surface area contributed by atoms with Crippen molar-refractivity contribution in [1.29, 1.82) is 0 Å². The molecule has 0 saturated carbocycles. The second-order valence-corrected chi connectivity index (χ2v) is 8.03. The molecule has 2 atom stereocenters. The van der Waals surface area contributed by atoms with Crippen LogP contribution < -0.4 is 0 Å². The van der Waals surface area contributed by atoms with Gasteiger partial charge in [-0.15, -0.1) is 0 Å². The van der Waals surface area contributed by atoms with Crippen LogP contribution in [0.1, 0.15) is 51.0 Å². The van der Waals surface area contributed by atoms with Crippen molar-refractivity contribution in [3.05, 3.63) is 71.8 Å². The number of aliphatic hydroxyl groups excluding tert-OH is 2. The lowest BCUT2D eigenvalue weighted by Crippen LogP contribution is -2.44. The summed E-state index contributed by atoms with van der Waals surface area (Å²) in [5.74, 6) is 0. The Morgan fingerprint density at radius 2 is 0.929 bits per heavy atom. The zero-order valence-electron chi connectivity index (χ0n) is 17.7. The van der Waals surface area contributed by atoms with Crippen LogP contribution in [0.4, 0.5) is 0 Å². The fourth-order valence-electron chi connectivity index (χ4n) is 3.38. The van der Waals surface area contributed by atoms with Crippen molar-refractivity contribution in [3.8, 4) is 0 Å². The molecule has 0 amide bonds. The van der Waals surface area contributed by atoms with E-state index in [2.05, 4.69) is 37.5 Å². The first-order valence-electron chi connectivity index (χ1n) is 10.3. The highest BCUT2D eigenvalue weighted by atomic mass is 16.3. The summed E-state index contributed by atoms with van der Waals surface area (Å²) in [5, 5.41) is 21.2. The molecule has 0 heterocycles. The Hall–Kier alpha value is -1.72. The van der Waals surface area contributed by atoms with E-state index in [0.717, 1.165) is 24.2 Å². The molecule has 0 aromatic heterocycles. The molecule has 0 spiro atoms. The molecule has 154 valence electrons. The van der Waals surface area contributed by atoms with Gasteiger partial charge in [0.2, 0.25) is 0 Å². The maximum Gasteiger partial charge on any atom is 0.0917 e. The molecular weight excluding hydrogens is 348 g/mol. The zero-order valence-corrected chi connectivity index (χ0v) is 17.7. The van der Waals surface area contributed by atoms with E-state index in [-0.39, 0.29) is 0 Å². The predicted molar refractivity (Wildman–Crippen MR) is 116 cm³/mol. The normalized spacial score (nSPS) is 14.2. The van der Waals surface area contributed by atoms with Gasteiger partial charge in [0.05, 0.1) is 12.2 Å². The van der Waals surface area contributed by atoms with Gasteiger partial charge in [-0.25, -0.2) is 0 Å². The van der Waals surface area contributed by atoms with Crippen molar-refractivity contribution < 1.29 is 10.2 Å². The van der Waals surface area contributed by atoms with Gasteiger partial charge in [-0.1, -0.05) is 60.7 Å². The Morgan fingerprint density at radius 3 is 1.21 bits per heavy atom. The highest BCUT2D eigenvalue weighted by Crippen LogP contribution is 2.17. The van der Waals surface area contributed by atoms with Crippen molar-refractivity contribution in [3.63, 3.8) is 0 Å². The van der Waals surface area contributed by atoms with Crippen LogP contribution in [0.5, 0.6) is 0 Å². The fourth-order valence-corrected chi connectivity index (χ4v) is 3.38. The van der Waals surface area contributed by atoms with Gasteiger partial charge in [0.1, 0.15) is 0 Å². The van der Waals surface area contributed by atoms with Crippen LogP contribution in [0.3, 0.4) is 0 Å². The molecule has 2 aromatic rings. The SMILES string of the molecule is CC(C)N(CCN(C[C@H](O)c1ccccc1)C(C)C)C[C@H](O)c1ccccc1. The molecule has 28 heavy (non-hydrogen) atoms. The molecule has 0 aliphatic heterocycles. The van der Waals surface area contributed by atoms with E-state index >= 15 is 0 Å². The van der Waals surface area contributed by atoms with E-state index in [0.29, 0.717) is 25.2 Å². The third kappa shape index (κ3) is 7.02. The summed E-state index contributed by atoms with van der Waals surface area (Å²) in [5.41, 5.74) is 1.90. The molecule has 0 bridgehead atoms. The Bertz CT molecular complexity index is 601. The highest BCUT2D eigenvalue weighted by Gasteiger charge is 2.20. The average Bonchev–Trinajstić information content (AvgIpc) is 2.70. The minimum atomic E-state index is -0.494. The molecular formula is C24H36N2O2. The average molecular weight is 385 g/mol. The molecule has 4 heteroatoms. The summed E-state index contributed by atoms with van der Waals surface area (Å²) < 4.78 is 0. The van der Waals surface area contributed by atoms with E-state index in [1.165, 1.54) is 0 Å². The minimum Gasteiger partial charge on any atom is -0.387 e. The standard InChI is InChI=1S/C24H36N2O2/c1-19(2)25(17-23(27)21-11-7-5-8-12-21)15-16-26(20(3)4)18-24(28)22-13-9-6-10-14-22/h5-14,19-20,23-24,27-28H,15-18H2,1-4H3/t23-,24-/m0/s1. The van der Waals surface area contributed by atoms with Gasteiger partial charge >= 0.3 is 0 Å². The molecule has 2 rings (SSSR count). The molecule has 0 fully saturated rings. The molecule has 0 aliphatic rings. The topological polar surface area (TPSA) is 46.9 Å². The van der Waals surface area contributed by atoms with Crippen LogP contribution >= 0.6 is 0 Å². The Kier molecular flexibility index (Phi) is 9.13. The van der Waals surface area contributed by atoms with Crippen LogP contribution in [0.2, 0.25) is 0 Å². The van der Waals surface area contributed by atoms with Crippen LogP contribution in [0.15, 0.2) is 60.7 Å². The summed E-state index contributed by atoms with van der Waals surface area (Å²) in [4.78, 5) is 4.61. The number of aliphatic hydroxyl groups is 2. The quantitative estimate of drug-likeness (QED) is 0.617. The summed E-state index contributed by atoms with van der Waals surface area (Å²) in [6.45, 7) is 11.6. The van der Waals surface area contributed by atoms with Gasteiger partial charge in [0, 0.05) is 38.3 Å². The van der Waals surface area contributed by atoms with Crippen molar-refractivity contribution in [2.75, 3.05) is 26.2 Å². The van der Waals surface area contributed by atoms with E-state index in [1.807, 2.05) is 60.7 Å². The molecule has 2 aromatic carbocycles. The lowest BCUT2D eigenvalue weighted by atomic mass is 10.1. The molecule has 2 N–H and O–H groups in total. The van der Waals surface area contributed by atoms with Gasteiger partial charge in [0.15, 0.2) is 0 Å². The van der Waals surface area contributed by atoms with Crippen molar-refractivity contribution in [2.45, 2.75) is 52.0 Å². The minimum absolute atomic E-state index is 0.339. The van der Waals surface area contributed by atoms with E-state index in [4.69, 9.17) is 0 Å². The number of hydrogen-bond donors (Lipinski definition) is 2. The molecule has 0 aliphatic carbocycles. The van der Waals surface area contributed by atoms with Crippen LogP contribution in [0.25, 0.3) is 0 Å². The monoisotopic (exact) mass is 384 g/mol. The first-order chi connectivity index (χ1) is 13.4. The predicted octanol–water partition coefficient (Wildman–Crippen LogP) is 3.87. The fraction of sp³-hybridized carbons (Fsp3) is 0.500. The number of benzene rings is 2. The van der Waals surface area contributed by atoms with E-state index < -0.39 is 12.2 Å². The number of rotatable bonds is 11. The largest absolute Gasteiger partial charge is 0.387 e. The second-order valence-electron chi connectivity index (χ2n) is 8.03. The summed E-state index contributed by atoms with van der Waals surface area (Å²) in [7, 11) is 0.